The molecule has 0 amide bonds. The lowest BCUT2D eigenvalue weighted by Gasteiger charge is -2.17. The number of nitrogens with zero attached hydrogens (tertiary/aromatic N) is 3. The summed E-state index contributed by atoms with van der Waals surface area (Å²) in [6, 6.07) is 7.79. The van der Waals surface area contributed by atoms with Crippen molar-refractivity contribution in [3.8, 4) is 0 Å². The van der Waals surface area contributed by atoms with Crippen molar-refractivity contribution in [1.29, 1.82) is 0 Å². The first-order valence-corrected chi connectivity index (χ1v) is 9.72. The molecular formula is C21H25N5O2. The Balaban J connectivity index is 1.78. The van der Waals surface area contributed by atoms with Gasteiger partial charge in [-0.1, -0.05) is 0 Å². The summed E-state index contributed by atoms with van der Waals surface area (Å²) >= 11 is 0. The molecule has 0 saturated heterocycles. The summed E-state index contributed by atoms with van der Waals surface area (Å²) in [5.74, 6) is 1.89. The molecule has 28 heavy (non-hydrogen) atoms. The van der Waals surface area contributed by atoms with Gasteiger partial charge in [-0.05, 0) is 68.3 Å². The topological polar surface area (TPSA) is 92.1 Å². The zero-order valence-corrected chi connectivity index (χ0v) is 16.1. The third-order valence-electron chi connectivity index (χ3n) is 5.22. The number of fused-ring (bicyclic) bond motifs is 1. The second-order valence-electron chi connectivity index (χ2n) is 7.38. The maximum absolute atomic E-state index is 12.9. The number of rotatable bonds is 5. The van der Waals surface area contributed by atoms with Crippen LogP contribution in [-0.2, 0) is 6.54 Å². The number of hydrogen-bond donors (Lipinski definition) is 3. The summed E-state index contributed by atoms with van der Waals surface area (Å²) < 4.78 is 1.67. The van der Waals surface area contributed by atoms with Crippen LogP contribution in [0, 0.1) is 6.92 Å². The van der Waals surface area contributed by atoms with Gasteiger partial charge in [0.25, 0.3) is 5.56 Å². The van der Waals surface area contributed by atoms with Gasteiger partial charge in [0.1, 0.15) is 17.5 Å². The van der Waals surface area contributed by atoms with Crippen LogP contribution in [-0.4, -0.2) is 31.8 Å². The van der Waals surface area contributed by atoms with Crippen LogP contribution in [0.3, 0.4) is 0 Å². The van der Waals surface area contributed by atoms with Crippen LogP contribution < -0.4 is 16.2 Å². The molecule has 1 aliphatic carbocycles. The Hall–Kier alpha value is -2.93. The molecule has 0 bridgehead atoms. The highest BCUT2D eigenvalue weighted by atomic mass is 16.3. The molecule has 3 aromatic rings. The van der Waals surface area contributed by atoms with Crippen molar-refractivity contribution in [2.45, 2.75) is 51.8 Å². The van der Waals surface area contributed by atoms with Crippen molar-refractivity contribution in [2.24, 2.45) is 0 Å². The molecule has 0 unspecified atom stereocenters. The van der Waals surface area contributed by atoms with E-state index in [1.54, 1.807) is 10.8 Å². The lowest BCUT2D eigenvalue weighted by atomic mass is 10.1. The van der Waals surface area contributed by atoms with Gasteiger partial charge in [0, 0.05) is 25.0 Å². The molecule has 2 atom stereocenters. The van der Waals surface area contributed by atoms with Crippen LogP contribution in [0.25, 0.3) is 10.8 Å². The van der Waals surface area contributed by atoms with Gasteiger partial charge in [0.05, 0.1) is 11.5 Å². The number of aliphatic hydroxyl groups excluding tert-OH is 1. The molecule has 1 fully saturated rings. The second kappa shape index (κ2) is 7.59. The Morgan fingerprint density at radius 1 is 1.25 bits per heavy atom. The average Bonchev–Trinajstić information content (AvgIpc) is 3.06. The minimum atomic E-state index is -0.297. The third kappa shape index (κ3) is 3.71. The number of anilines is 3. The van der Waals surface area contributed by atoms with E-state index in [1.165, 1.54) is 0 Å². The minimum absolute atomic E-state index is 0.0613. The van der Waals surface area contributed by atoms with Gasteiger partial charge in [0.15, 0.2) is 0 Å². The zero-order valence-electron chi connectivity index (χ0n) is 16.1. The standard InChI is InChI=1S/C21H25N5O2/c1-3-26-9-7-14-11-18(24-17-10-13(2)6-8-22-17)25-20(19(14)21(26)28)23-15-4-5-16(27)12-15/h6-11,15-16,27H,3-5,12H2,1-2H3,(H2,22,23,24,25)/t15-,16+/m1/s1. The number of aryl methyl sites for hydroxylation is 2. The molecule has 0 radical (unpaired) electrons. The Kier molecular flexibility index (Phi) is 5.00. The van der Waals surface area contributed by atoms with Crippen LogP contribution in [0.15, 0.2) is 41.5 Å². The Morgan fingerprint density at radius 2 is 2.11 bits per heavy atom. The fourth-order valence-corrected chi connectivity index (χ4v) is 3.74. The first kappa shape index (κ1) is 18.4. The highest BCUT2D eigenvalue weighted by molar-refractivity contribution is 5.93. The van der Waals surface area contributed by atoms with Gasteiger partial charge in [-0.15, -0.1) is 0 Å². The Morgan fingerprint density at radius 3 is 2.82 bits per heavy atom. The summed E-state index contributed by atoms with van der Waals surface area (Å²) in [5, 5.41) is 17.9. The van der Waals surface area contributed by atoms with Crippen molar-refractivity contribution < 1.29 is 5.11 Å². The van der Waals surface area contributed by atoms with E-state index in [2.05, 4.69) is 15.6 Å². The number of aliphatic hydroxyl groups is 1. The quantitative estimate of drug-likeness (QED) is 0.631. The summed E-state index contributed by atoms with van der Waals surface area (Å²) in [7, 11) is 0. The molecule has 0 aliphatic heterocycles. The maximum Gasteiger partial charge on any atom is 0.262 e. The van der Waals surface area contributed by atoms with Crippen molar-refractivity contribution in [3.05, 3.63) is 52.6 Å². The van der Waals surface area contributed by atoms with E-state index in [-0.39, 0.29) is 17.7 Å². The Bertz CT molecular complexity index is 1060. The summed E-state index contributed by atoms with van der Waals surface area (Å²) in [4.78, 5) is 22.0. The lowest BCUT2D eigenvalue weighted by molar-refractivity contribution is 0.182. The lowest BCUT2D eigenvalue weighted by Crippen LogP contribution is -2.23. The van der Waals surface area contributed by atoms with E-state index in [0.29, 0.717) is 35.8 Å². The van der Waals surface area contributed by atoms with E-state index in [9.17, 15) is 9.90 Å². The first-order chi connectivity index (χ1) is 13.5. The highest BCUT2D eigenvalue weighted by Gasteiger charge is 2.24. The number of aromatic nitrogens is 3. The van der Waals surface area contributed by atoms with Crippen molar-refractivity contribution in [3.63, 3.8) is 0 Å². The van der Waals surface area contributed by atoms with E-state index in [4.69, 9.17) is 4.98 Å². The van der Waals surface area contributed by atoms with Crippen molar-refractivity contribution in [2.75, 3.05) is 10.6 Å². The van der Waals surface area contributed by atoms with Gasteiger partial charge in [0.2, 0.25) is 0 Å². The Labute approximate surface area is 163 Å². The minimum Gasteiger partial charge on any atom is -0.393 e. The monoisotopic (exact) mass is 379 g/mol. The maximum atomic E-state index is 12.9. The molecule has 3 aromatic heterocycles. The number of nitrogens with one attached hydrogen (secondary N) is 2. The van der Waals surface area contributed by atoms with Gasteiger partial charge < -0.3 is 20.3 Å². The molecule has 1 aliphatic rings. The SMILES string of the molecule is CCn1ccc2cc(Nc3cc(C)ccn3)nc(N[C@@H]3CC[C@H](O)C3)c2c1=O. The van der Waals surface area contributed by atoms with Crippen molar-refractivity contribution in [1.82, 2.24) is 14.5 Å². The van der Waals surface area contributed by atoms with E-state index in [1.807, 2.05) is 44.3 Å². The van der Waals surface area contributed by atoms with E-state index in [0.717, 1.165) is 23.8 Å². The molecule has 3 heterocycles. The van der Waals surface area contributed by atoms with Crippen LogP contribution in [0.1, 0.15) is 31.7 Å². The molecule has 146 valence electrons. The number of hydrogen-bond acceptors (Lipinski definition) is 6. The molecule has 7 nitrogen and oxygen atoms in total. The van der Waals surface area contributed by atoms with E-state index >= 15 is 0 Å². The van der Waals surface area contributed by atoms with Gasteiger partial charge in [-0.25, -0.2) is 9.97 Å². The van der Waals surface area contributed by atoms with Crippen LogP contribution >= 0.6 is 0 Å². The summed E-state index contributed by atoms with van der Waals surface area (Å²) in [6.45, 7) is 4.55. The number of pyridine rings is 3. The fraction of sp³-hybridized carbons (Fsp3) is 0.381. The molecule has 4 rings (SSSR count). The molecule has 0 aromatic carbocycles. The molecule has 3 N–H and O–H groups in total. The van der Waals surface area contributed by atoms with Gasteiger partial charge in [-0.3, -0.25) is 4.79 Å². The fourth-order valence-electron chi connectivity index (χ4n) is 3.74. The average molecular weight is 379 g/mol. The largest absolute Gasteiger partial charge is 0.393 e. The first-order valence-electron chi connectivity index (χ1n) is 9.72. The zero-order chi connectivity index (χ0) is 19.7. The van der Waals surface area contributed by atoms with Crippen LogP contribution in [0.2, 0.25) is 0 Å². The van der Waals surface area contributed by atoms with Crippen LogP contribution in [0.4, 0.5) is 17.5 Å². The molecule has 1 saturated carbocycles. The second-order valence-corrected chi connectivity index (χ2v) is 7.38. The summed E-state index contributed by atoms with van der Waals surface area (Å²) in [5.41, 5.74) is 1.04. The smallest absolute Gasteiger partial charge is 0.262 e. The van der Waals surface area contributed by atoms with Crippen molar-refractivity contribution >= 4 is 28.2 Å². The van der Waals surface area contributed by atoms with Gasteiger partial charge in [-0.2, -0.15) is 0 Å². The molecule has 7 heteroatoms. The predicted molar refractivity (Wildman–Crippen MR) is 111 cm³/mol. The highest BCUT2D eigenvalue weighted by Crippen LogP contribution is 2.28. The van der Waals surface area contributed by atoms with Crippen LogP contribution in [0.5, 0.6) is 0 Å². The normalized spacial score (nSPS) is 19.1. The van der Waals surface area contributed by atoms with E-state index < -0.39 is 0 Å². The molecule has 0 spiro atoms. The summed E-state index contributed by atoms with van der Waals surface area (Å²) in [6.07, 6.45) is 5.54. The predicted octanol–water partition coefficient (Wildman–Crippen LogP) is 3.19. The van der Waals surface area contributed by atoms with Gasteiger partial charge >= 0.3 is 0 Å². The third-order valence-corrected chi connectivity index (χ3v) is 5.22. The molecular weight excluding hydrogens is 354 g/mol.